The summed E-state index contributed by atoms with van der Waals surface area (Å²) in [6, 6.07) is 0.533. The summed E-state index contributed by atoms with van der Waals surface area (Å²) >= 11 is 0. The first-order valence-electron chi connectivity index (χ1n) is 6.25. The predicted octanol–water partition coefficient (Wildman–Crippen LogP) is 1.53. The van der Waals surface area contributed by atoms with Crippen LogP contribution in [0.15, 0.2) is 0 Å². The molecule has 5 heteroatoms. The zero-order valence-corrected chi connectivity index (χ0v) is 10.2. The number of tetrazole rings is 1. The predicted molar refractivity (Wildman–Crippen MR) is 61.9 cm³/mol. The maximum absolute atomic E-state index is 4.11. The summed E-state index contributed by atoms with van der Waals surface area (Å²) in [5.41, 5.74) is 0. The van der Waals surface area contributed by atoms with Crippen molar-refractivity contribution in [3.8, 4) is 0 Å². The fourth-order valence-corrected chi connectivity index (χ4v) is 2.23. The minimum atomic E-state index is 0.533. The molecular formula is C11H21N5. The van der Waals surface area contributed by atoms with Gasteiger partial charge in [-0.15, -0.1) is 5.10 Å². The molecule has 0 atom stereocenters. The minimum Gasteiger partial charge on any atom is -0.310 e. The first-order valence-corrected chi connectivity index (χ1v) is 6.25. The summed E-state index contributed by atoms with van der Waals surface area (Å²) in [7, 11) is 0. The Bertz CT molecular complexity index is 314. The van der Waals surface area contributed by atoms with Gasteiger partial charge in [-0.05, 0) is 35.7 Å². The van der Waals surface area contributed by atoms with Crippen LogP contribution in [0.1, 0.15) is 51.4 Å². The zero-order valence-electron chi connectivity index (χ0n) is 10.2. The van der Waals surface area contributed by atoms with Crippen LogP contribution in [-0.4, -0.2) is 26.8 Å². The summed E-state index contributed by atoms with van der Waals surface area (Å²) in [5.74, 6) is 1.64. The van der Waals surface area contributed by atoms with Crippen LogP contribution in [0.3, 0.4) is 0 Å². The van der Waals surface area contributed by atoms with Crippen molar-refractivity contribution in [3.05, 3.63) is 5.82 Å². The van der Waals surface area contributed by atoms with Gasteiger partial charge in [-0.2, -0.15) is 0 Å². The first-order chi connectivity index (χ1) is 7.77. The Kier molecular flexibility index (Phi) is 3.88. The van der Waals surface area contributed by atoms with E-state index in [1.165, 1.54) is 25.7 Å². The quantitative estimate of drug-likeness (QED) is 0.822. The molecule has 0 bridgehead atoms. The van der Waals surface area contributed by atoms with Gasteiger partial charge in [-0.1, -0.05) is 26.7 Å². The van der Waals surface area contributed by atoms with Gasteiger partial charge in [-0.3, -0.25) is 0 Å². The van der Waals surface area contributed by atoms with Crippen molar-refractivity contribution in [2.45, 2.75) is 52.1 Å². The summed E-state index contributed by atoms with van der Waals surface area (Å²) < 4.78 is 2.01. The smallest absolute Gasteiger partial charge is 0.165 e. The van der Waals surface area contributed by atoms with Crippen LogP contribution in [0.4, 0.5) is 0 Å². The van der Waals surface area contributed by atoms with Gasteiger partial charge in [0.25, 0.3) is 0 Å². The van der Waals surface area contributed by atoms with E-state index in [-0.39, 0.29) is 0 Å². The number of hydrogen-bond acceptors (Lipinski definition) is 4. The van der Waals surface area contributed by atoms with E-state index >= 15 is 0 Å². The van der Waals surface area contributed by atoms with Gasteiger partial charge >= 0.3 is 0 Å². The van der Waals surface area contributed by atoms with Crippen LogP contribution in [0.2, 0.25) is 0 Å². The SMILES string of the molecule is CC(C)CNCc1nnnn1C1CCCC1. The Labute approximate surface area is 96.6 Å². The molecule has 0 radical (unpaired) electrons. The van der Waals surface area contributed by atoms with E-state index in [0.29, 0.717) is 12.0 Å². The van der Waals surface area contributed by atoms with Gasteiger partial charge in [0.2, 0.25) is 0 Å². The largest absolute Gasteiger partial charge is 0.310 e. The average Bonchev–Trinajstić information content (AvgIpc) is 2.84. The van der Waals surface area contributed by atoms with E-state index in [0.717, 1.165) is 18.9 Å². The normalized spacial score (nSPS) is 17.4. The molecule has 0 aromatic carbocycles. The molecule has 1 heterocycles. The Balaban J connectivity index is 1.91. The summed E-state index contributed by atoms with van der Waals surface area (Å²) in [6.45, 7) is 6.19. The molecule has 1 aromatic rings. The molecule has 1 saturated carbocycles. The van der Waals surface area contributed by atoms with Crippen molar-refractivity contribution in [3.63, 3.8) is 0 Å². The Morgan fingerprint density at radius 1 is 1.38 bits per heavy atom. The lowest BCUT2D eigenvalue weighted by Crippen LogP contribution is -2.22. The number of rotatable bonds is 5. The molecule has 0 spiro atoms. The van der Waals surface area contributed by atoms with Crippen molar-refractivity contribution < 1.29 is 0 Å². The molecule has 5 nitrogen and oxygen atoms in total. The van der Waals surface area contributed by atoms with Crippen molar-refractivity contribution in [2.24, 2.45) is 5.92 Å². The molecule has 0 saturated heterocycles. The van der Waals surface area contributed by atoms with Crippen LogP contribution in [-0.2, 0) is 6.54 Å². The Hall–Kier alpha value is -0.970. The molecular weight excluding hydrogens is 202 g/mol. The van der Waals surface area contributed by atoms with Crippen molar-refractivity contribution in [1.82, 2.24) is 25.5 Å². The second-order valence-corrected chi connectivity index (χ2v) is 5.00. The zero-order chi connectivity index (χ0) is 11.4. The number of nitrogens with one attached hydrogen (secondary N) is 1. The van der Waals surface area contributed by atoms with E-state index in [4.69, 9.17) is 0 Å². The third-order valence-electron chi connectivity index (χ3n) is 3.07. The van der Waals surface area contributed by atoms with Gasteiger partial charge in [0, 0.05) is 0 Å². The van der Waals surface area contributed by atoms with E-state index in [2.05, 4.69) is 34.7 Å². The van der Waals surface area contributed by atoms with Crippen LogP contribution < -0.4 is 5.32 Å². The molecule has 90 valence electrons. The fraction of sp³-hybridized carbons (Fsp3) is 0.909. The topological polar surface area (TPSA) is 55.6 Å². The third kappa shape index (κ3) is 2.78. The van der Waals surface area contributed by atoms with Crippen molar-refractivity contribution >= 4 is 0 Å². The number of aromatic nitrogens is 4. The standard InChI is InChI=1S/C11H21N5/c1-9(2)7-12-8-11-13-14-15-16(11)10-5-3-4-6-10/h9-10,12H,3-8H2,1-2H3. The molecule has 1 aromatic heterocycles. The highest BCUT2D eigenvalue weighted by Gasteiger charge is 2.20. The average molecular weight is 223 g/mol. The lowest BCUT2D eigenvalue weighted by molar-refractivity contribution is 0.426. The highest BCUT2D eigenvalue weighted by molar-refractivity contribution is 4.86. The lowest BCUT2D eigenvalue weighted by Gasteiger charge is -2.12. The van der Waals surface area contributed by atoms with Crippen molar-refractivity contribution in [1.29, 1.82) is 0 Å². The number of nitrogens with zero attached hydrogens (tertiary/aromatic N) is 4. The van der Waals surface area contributed by atoms with E-state index < -0.39 is 0 Å². The lowest BCUT2D eigenvalue weighted by atomic mass is 10.2. The van der Waals surface area contributed by atoms with Crippen LogP contribution in [0.25, 0.3) is 0 Å². The van der Waals surface area contributed by atoms with Gasteiger partial charge in [0.1, 0.15) is 0 Å². The highest BCUT2D eigenvalue weighted by atomic mass is 15.6. The van der Waals surface area contributed by atoms with Gasteiger partial charge in [-0.25, -0.2) is 4.68 Å². The maximum atomic E-state index is 4.11. The molecule has 0 amide bonds. The third-order valence-corrected chi connectivity index (χ3v) is 3.07. The van der Waals surface area contributed by atoms with Gasteiger partial charge < -0.3 is 5.32 Å². The summed E-state index contributed by atoms with van der Waals surface area (Å²) in [4.78, 5) is 0. The molecule has 1 aliphatic rings. The Morgan fingerprint density at radius 3 is 2.81 bits per heavy atom. The molecule has 0 aliphatic heterocycles. The fourth-order valence-electron chi connectivity index (χ4n) is 2.23. The van der Waals surface area contributed by atoms with Crippen molar-refractivity contribution in [2.75, 3.05) is 6.54 Å². The summed E-state index contributed by atoms with van der Waals surface area (Å²) in [6.07, 6.45) is 5.07. The molecule has 0 unspecified atom stereocenters. The molecule has 1 N–H and O–H groups in total. The Morgan fingerprint density at radius 2 is 2.12 bits per heavy atom. The maximum Gasteiger partial charge on any atom is 0.165 e. The molecule has 1 aliphatic carbocycles. The van der Waals surface area contributed by atoms with Crippen LogP contribution in [0.5, 0.6) is 0 Å². The van der Waals surface area contributed by atoms with E-state index in [1.807, 2.05) is 4.68 Å². The second kappa shape index (κ2) is 5.39. The first kappa shape index (κ1) is 11.5. The minimum absolute atomic E-state index is 0.533. The molecule has 2 rings (SSSR count). The molecule has 16 heavy (non-hydrogen) atoms. The van der Waals surface area contributed by atoms with E-state index in [9.17, 15) is 0 Å². The number of hydrogen-bond donors (Lipinski definition) is 1. The van der Waals surface area contributed by atoms with Crippen LogP contribution >= 0.6 is 0 Å². The van der Waals surface area contributed by atoms with Gasteiger partial charge in [0.05, 0.1) is 12.6 Å². The summed E-state index contributed by atoms with van der Waals surface area (Å²) in [5, 5.41) is 15.4. The van der Waals surface area contributed by atoms with E-state index in [1.54, 1.807) is 0 Å². The monoisotopic (exact) mass is 223 g/mol. The van der Waals surface area contributed by atoms with Gasteiger partial charge in [0.15, 0.2) is 5.82 Å². The molecule has 1 fully saturated rings. The highest BCUT2D eigenvalue weighted by Crippen LogP contribution is 2.28. The second-order valence-electron chi connectivity index (χ2n) is 5.00. The van der Waals surface area contributed by atoms with Crippen LogP contribution in [0, 0.1) is 5.92 Å².